The van der Waals surface area contributed by atoms with Gasteiger partial charge in [0.2, 0.25) is 0 Å². The van der Waals surface area contributed by atoms with Crippen LogP contribution in [0.3, 0.4) is 0 Å². The number of carbonyl (C=O) groups is 2. The van der Waals surface area contributed by atoms with Crippen molar-refractivity contribution >= 4 is 45.9 Å². The van der Waals surface area contributed by atoms with Gasteiger partial charge in [-0.15, -0.1) is 22.7 Å². The number of fused-ring (bicyclic) bond motifs is 1. The highest BCUT2D eigenvalue weighted by Gasteiger charge is 2.37. The fourth-order valence-electron chi connectivity index (χ4n) is 4.02. The molecule has 1 aromatic carbocycles. The van der Waals surface area contributed by atoms with Crippen LogP contribution in [-0.4, -0.2) is 48.8 Å². The minimum Gasteiger partial charge on any atom is -0.477 e. The summed E-state index contributed by atoms with van der Waals surface area (Å²) in [5.41, 5.74) is 1.73. The monoisotopic (exact) mass is 466 g/mol. The lowest BCUT2D eigenvalue weighted by atomic mass is 10.1. The van der Waals surface area contributed by atoms with Crippen LogP contribution < -0.4 is 15.0 Å². The van der Waals surface area contributed by atoms with Crippen LogP contribution in [0.15, 0.2) is 64.4 Å². The third kappa shape index (κ3) is 3.89. The number of carbonyl (C=O) groups excluding carboxylic acids is 2. The van der Waals surface area contributed by atoms with Crippen LogP contribution in [0.1, 0.15) is 22.2 Å². The van der Waals surface area contributed by atoms with E-state index in [0.717, 1.165) is 21.2 Å². The number of hydrogen-bond donors (Lipinski definition) is 1. The third-order valence-corrected chi connectivity index (χ3v) is 7.46. The Morgan fingerprint density at radius 3 is 2.69 bits per heavy atom. The van der Waals surface area contributed by atoms with E-state index in [4.69, 9.17) is 9.84 Å². The van der Waals surface area contributed by atoms with Crippen LogP contribution >= 0.6 is 22.7 Å². The van der Waals surface area contributed by atoms with Crippen LogP contribution in [-0.2, 0) is 9.59 Å². The summed E-state index contributed by atoms with van der Waals surface area (Å²) in [6.45, 7) is 0.401. The summed E-state index contributed by atoms with van der Waals surface area (Å²) in [5, 5.41) is 13.0. The number of amides is 2. The molecule has 5 rings (SSSR count). The molecule has 2 unspecified atom stereocenters. The second-order valence-corrected chi connectivity index (χ2v) is 9.49. The molecule has 0 bridgehead atoms. The lowest BCUT2D eigenvalue weighted by molar-refractivity contribution is -0.132. The largest absolute Gasteiger partial charge is 0.477 e. The summed E-state index contributed by atoms with van der Waals surface area (Å²) < 4.78 is 5.86. The van der Waals surface area contributed by atoms with E-state index >= 15 is 0 Å². The number of ether oxygens (including phenoxy) is 1. The van der Waals surface area contributed by atoms with Crippen molar-refractivity contribution in [2.75, 3.05) is 25.0 Å². The van der Waals surface area contributed by atoms with Crippen LogP contribution in [0, 0.1) is 0 Å². The lowest BCUT2D eigenvalue weighted by Crippen LogP contribution is -2.50. The Kier molecular flexibility index (Phi) is 5.67. The molecule has 0 saturated heterocycles. The molecule has 0 spiro atoms. The number of likely N-dealkylation sites (N-methyl/N-ethyl adjacent to an activating group) is 1. The number of hydrazone groups is 1. The van der Waals surface area contributed by atoms with E-state index in [0.29, 0.717) is 18.7 Å². The molecule has 0 saturated carbocycles. The molecule has 2 aliphatic heterocycles. The van der Waals surface area contributed by atoms with E-state index in [9.17, 15) is 9.59 Å². The van der Waals surface area contributed by atoms with E-state index in [2.05, 4.69) is 5.32 Å². The Hall–Kier alpha value is -3.17. The molecular weight excluding hydrogens is 444 g/mol. The maximum Gasteiger partial charge on any atom is 0.262 e. The summed E-state index contributed by atoms with van der Waals surface area (Å²) in [6, 6.07) is 15.4. The van der Waals surface area contributed by atoms with Gasteiger partial charge in [0.15, 0.2) is 6.10 Å². The molecule has 0 fully saturated rings. The first-order valence-electron chi connectivity index (χ1n) is 10.3. The topological polar surface area (TPSA) is 74.2 Å². The standard InChI is InChI=1S/C23H22N4O3S2/c1-24-23(29)19-13-26(16-6-2-3-7-18(16)30-19)14-22(28)27-17(21-9-5-11-32-21)12-15(25-27)20-8-4-10-31-20/h2-11,17,19H,12-14H2,1H3,(H,24,29). The maximum atomic E-state index is 13.5. The van der Waals surface area contributed by atoms with Gasteiger partial charge in [-0.1, -0.05) is 24.3 Å². The van der Waals surface area contributed by atoms with Gasteiger partial charge in [-0.25, -0.2) is 5.01 Å². The van der Waals surface area contributed by atoms with Crippen molar-refractivity contribution in [2.45, 2.75) is 18.6 Å². The van der Waals surface area contributed by atoms with Gasteiger partial charge in [0.25, 0.3) is 11.8 Å². The smallest absolute Gasteiger partial charge is 0.262 e. The molecule has 4 heterocycles. The number of anilines is 1. The predicted molar refractivity (Wildman–Crippen MR) is 127 cm³/mol. The quantitative estimate of drug-likeness (QED) is 0.625. The predicted octanol–water partition coefficient (Wildman–Crippen LogP) is 3.50. The van der Waals surface area contributed by atoms with E-state index in [1.54, 1.807) is 34.7 Å². The summed E-state index contributed by atoms with van der Waals surface area (Å²) in [6.07, 6.45) is 0.00686. The summed E-state index contributed by atoms with van der Waals surface area (Å²) in [7, 11) is 1.58. The average molecular weight is 467 g/mol. The first kappa shape index (κ1) is 20.7. The number of nitrogens with one attached hydrogen (secondary N) is 1. The molecule has 7 nitrogen and oxygen atoms in total. The molecule has 2 aliphatic rings. The van der Waals surface area contributed by atoms with E-state index in [1.807, 2.05) is 64.2 Å². The van der Waals surface area contributed by atoms with Gasteiger partial charge in [0.1, 0.15) is 5.75 Å². The first-order chi connectivity index (χ1) is 15.6. The number of benzene rings is 1. The first-order valence-corrected chi connectivity index (χ1v) is 12.1. The SMILES string of the molecule is CNC(=O)C1CN(CC(=O)N2N=C(c3cccs3)CC2c2cccs2)c2ccccc2O1. The molecule has 1 N–H and O–H groups in total. The van der Waals surface area contributed by atoms with Crippen molar-refractivity contribution in [3.05, 3.63) is 69.0 Å². The number of hydrogen-bond acceptors (Lipinski definition) is 7. The van der Waals surface area contributed by atoms with Gasteiger partial charge in [0, 0.05) is 18.3 Å². The minimum atomic E-state index is -0.681. The van der Waals surface area contributed by atoms with Gasteiger partial charge in [-0.3, -0.25) is 9.59 Å². The molecule has 2 atom stereocenters. The molecule has 164 valence electrons. The maximum absolute atomic E-state index is 13.5. The van der Waals surface area contributed by atoms with Gasteiger partial charge in [-0.05, 0) is 35.0 Å². The fraction of sp³-hybridized carbons (Fsp3) is 0.261. The van der Waals surface area contributed by atoms with Crippen LogP contribution in [0.5, 0.6) is 5.75 Å². The van der Waals surface area contributed by atoms with E-state index in [-0.39, 0.29) is 24.4 Å². The highest BCUT2D eigenvalue weighted by atomic mass is 32.1. The molecule has 3 aromatic rings. The normalized spacial score (nSPS) is 19.8. The van der Waals surface area contributed by atoms with Gasteiger partial charge >= 0.3 is 0 Å². The Morgan fingerprint density at radius 1 is 1.12 bits per heavy atom. The highest BCUT2D eigenvalue weighted by Crippen LogP contribution is 2.37. The summed E-state index contributed by atoms with van der Waals surface area (Å²) >= 11 is 3.26. The van der Waals surface area contributed by atoms with Gasteiger partial charge in [0.05, 0.1) is 35.4 Å². The number of nitrogens with zero attached hydrogens (tertiary/aromatic N) is 3. The van der Waals surface area contributed by atoms with Crippen molar-refractivity contribution in [1.82, 2.24) is 10.3 Å². The second-order valence-electron chi connectivity index (χ2n) is 7.57. The molecule has 0 aliphatic carbocycles. The molecule has 2 amide bonds. The summed E-state index contributed by atoms with van der Waals surface area (Å²) in [4.78, 5) is 29.9. The second kappa shape index (κ2) is 8.76. The minimum absolute atomic E-state index is 0.108. The number of rotatable bonds is 5. The van der Waals surface area contributed by atoms with Crippen LogP contribution in [0.2, 0.25) is 0 Å². The van der Waals surface area contributed by atoms with Crippen LogP contribution in [0.4, 0.5) is 5.69 Å². The molecular formula is C23H22N4O3S2. The zero-order chi connectivity index (χ0) is 22.1. The van der Waals surface area contributed by atoms with Crippen LogP contribution in [0.25, 0.3) is 0 Å². The van der Waals surface area contributed by atoms with Crippen molar-refractivity contribution < 1.29 is 14.3 Å². The van der Waals surface area contributed by atoms with E-state index < -0.39 is 6.10 Å². The highest BCUT2D eigenvalue weighted by molar-refractivity contribution is 7.12. The molecule has 9 heteroatoms. The number of para-hydroxylation sites is 2. The third-order valence-electron chi connectivity index (χ3n) is 5.57. The van der Waals surface area contributed by atoms with Crippen molar-refractivity contribution in [1.29, 1.82) is 0 Å². The number of thiophene rings is 2. The van der Waals surface area contributed by atoms with Gasteiger partial charge < -0.3 is 15.0 Å². The Labute approximate surface area is 193 Å². The Bertz CT molecular complexity index is 1140. The van der Waals surface area contributed by atoms with E-state index in [1.165, 1.54) is 0 Å². The fourth-order valence-corrected chi connectivity index (χ4v) is 5.56. The zero-order valence-corrected chi connectivity index (χ0v) is 19.1. The van der Waals surface area contributed by atoms with Gasteiger partial charge in [-0.2, -0.15) is 5.10 Å². The average Bonchev–Trinajstić information content (AvgIpc) is 3.59. The molecule has 32 heavy (non-hydrogen) atoms. The Balaban J connectivity index is 1.42. The molecule has 2 aromatic heterocycles. The molecule has 0 radical (unpaired) electrons. The van der Waals surface area contributed by atoms with Crippen molar-refractivity contribution in [3.8, 4) is 5.75 Å². The summed E-state index contributed by atoms with van der Waals surface area (Å²) in [5.74, 6) is 0.272. The zero-order valence-electron chi connectivity index (χ0n) is 17.4. The lowest BCUT2D eigenvalue weighted by Gasteiger charge is -2.35. The van der Waals surface area contributed by atoms with Crippen molar-refractivity contribution in [3.63, 3.8) is 0 Å². The Morgan fingerprint density at radius 2 is 1.94 bits per heavy atom. The van der Waals surface area contributed by atoms with Crippen molar-refractivity contribution in [2.24, 2.45) is 5.10 Å².